The molecule has 0 aromatic heterocycles. The van der Waals surface area contributed by atoms with E-state index in [9.17, 15) is 13.2 Å². The summed E-state index contributed by atoms with van der Waals surface area (Å²) in [6, 6.07) is 9.84. The van der Waals surface area contributed by atoms with Crippen LogP contribution in [0, 0.1) is 0 Å². The summed E-state index contributed by atoms with van der Waals surface area (Å²) < 4.78 is 43.2. The van der Waals surface area contributed by atoms with E-state index in [1.165, 1.54) is 10.4 Å². The number of fused-ring (bicyclic) bond motifs is 1. The van der Waals surface area contributed by atoms with Crippen molar-refractivity contribution in [2.24, 2.45) is 0 Å². The summed E-state index contributed by atoms with van der Waals surface area (Å²) in [5.74, 6) is 1.40. The second-order valence-corrected chi connectivity index (χ2v) is 9.41. The average Bonchev–Trinajstić information content (AvgIpc) is 2.82. The number of ether oxygens (including phenoxy) is 3. The summed E-state index contributed by atoms with van der Waals surface area (Å²) in [4.78, 5) is 12.7. The number of amides is 1. The Bertz CT molecular complexity index is 1090. The zero-order valence-electron chi connectivity index (χ0n) is 19.3. The number of carbonyl (C=O) groups is 1. The molecule has 0 aliphatic carbocycles. The Hall–Kier alpha value is -3.04. The lowest BCUT2D eigenvalue weighted by Crippen LogP contribution is -2.30. The highest BCUT2D eigenvalue weighted by Crippen LogP contribution is 2.40. The molecule has 1 heterocycles. The molecule has 9 heteroatoms. The third-order valence-electron chi connectivity index (χ3n) is 5.36. The van der Waals surface area contributed by atoms with Gasteiger partial charge >= 0.3 is 0 Å². The molecule has 0 saturated heterocycles. The summed E-state index contributed by atoms with van der Waals surface area (Å²) in [6.45, 7) is 7.19. The van der Waals surface area contributed by atoms with Crippen LogP contribution in [0.3, 0.4) is 0 Å². The maximum atomic E-state index is 12.6. The maximum absolute atomic E-state index is 12.6. The highest BCUT2D eigenvalue weighted by atomic mass is 32.2. The van der Waals surface area contributed by atoms with E-state index in [1.54, 1.807) is 49.6 Å². The Labute approximate surface area is 195 Å². The standard InChI is InChI=1S/C24H30N2O6S/c1-5-26(6-2)33(28,29)20-10-8-19(9-11-20)17(3)25-23(27)12-7-18-15-21(30-4)24-22(16-18)31-13-14-32-24/h7-12,15-17H,5-6,13-14H2,1-4H3,(H,25,27). The normalized spacial score (nSPS) is 14.3. The molecule has 1 amide bonds. The highest BCUT2D eigenvalue weighted by molar-refractivity contribution is 7.89. The van der Waals surface area contributed by atoms with Crippen molar-refractivity contribution < 1.29 is 27.4 Å². The number of nitrogens with one attached hydrogen (secondary N) is 1. The van der Waals surface area contributed by atoms with Crippen LogP contribution in [-0.2, 0) is 14.8 Å². The lowest BCUT2D eigenvalue weighted by molar-refractivity contribution is -0.117. The minimum absolute atomic E-state index is 0.237. The van der Waals surface area contributed by atoms with Gasteiger partial charge < -0.3 is 19.5 Å². The number of hydrogen-bond donors (Lipinski definition) is 1. The lowest BCUT2D eigenvalue weighted by Gasteiger charge is -2.21. The summed E-state index contributed by atoms with van der Waals surface area (Å²) in [5, 5.41) is 2.89. The van der Waals surface area contributed by atoms with Crippen LogP contribution >= 0.6 is 0 Å². The number of benzene rings is 2. The van der Waals surface area contributed by atoms with Crippen molar-refractivity contribution in [1.82, 2.24) is 9.62 Å². The van der Waals surface area contributed by atoms with Crippen LogP contribution in [0.15, 0.2) is 47.4 Å². The van der Waals surface area contributed by atoms with Crippen molar-refractivity contribution >= 4 is 22.0 Å². The predicted molar refractivity (Wildman–Crippen MR) is 126 cm³/mol. The fourth-order valence-corrected chi connectivity index (χ4v) is 5.01. The molecule has 8 nitrogen and oxygen atoms in total. The number of rotatable bonds is 9. The first-order chi connectivity index (χ1) is 15.8. The number of sulfonamides is 1. The Morgan fingerprint density at radius 1 is 1.15 bits per heavy atom. The molecule has 1 unspecified atom stereocenters. The van der Waals surface area contributed by atoms with Gasteiger partial charge in [0.05, 0.1) is 18.0 Å². The van der Waals surface area contributed by atoms with Gasteiger partial charge in [0.15, 0.2) is 11.5 Å². The smallest absolute Gasteiger partial charge is 0.244 e. The molecular formula is C24H30N2O6S. The van der Waals surface area contributed by atoms with E-state index < -0.39 is 10.0 Å². The largest absolute Gasteiger partial charge is 0.493 e. The molecule has 1 aliphatic rings. The van der Waals surface area contributed by atoms with Gasteiger partial charge in [-0.1, -0.05) is 26.0 Å². The molecule has 0 fully saturated rings. The van der Waals surface area contributed by atoms with E-state index in [-0.39, 0.29) is 16.8 Å². The van der Waals surface area contributed by atoms with E-state index >= 15 is 0 Å². The van der Waals surface area contributed by atoms with Crippen molar-refractivity contribution in [2.45, 2.75) is 31.7 Å². The molecule has 1 aliphatic heterocycles. The van der Waals surface area contributed by atoms with Gasteiger partial charge in [-0.15, -0.1) is 0 Å². The predicted octanol–water partition coefficient (Wildman–Crippen LogP) is 3.39. The van der Waals surface area contributed by atoms with Gasteiger partial charge in [0.25, 0.3) is 0 Å². The molecule has 33 heavy (non-hydrogen) atoms. The van der Waals surface area contributed by atoms with Crippen LogP contribution in [0.1, 0.15) is 37.9 Å². The second-order valence-electron chi connectivity index (χ2n) is 7.47. The van der Waals surface area contributed by atoms with Crippen molar-refractivity contribution in [3.8, 4) is 17.2 Å². The van der Waals surface area contributed by atoms with Gasteiger partial charge in [-0.05, 0) is 48.4 Å². The van der Waals surface area contributed by atoms with Crippen LogP contribution in [0.2, 0.25) is 0 Å². The molecular weight excluding hydrogens is 444 g/mol. The van der Waals surface area contributed by atoms with Gasteiger partial charge in [-0.25, -0.2) is 8.42 Å². The highest BCUT2D eigenvalue weighted by Gasteiger charge is 2.22. The Morgan fingerprint density at radius 3 is 2.45 bits per heavy atom. The topological polar surface area (TPSA) is 94.2 Å². The van der Waals surface area contributed by atoms with Crippen molar-refractivity contribution in [1.29, 1.82) is 0 Å². The zero-order chi connectivity index (χ0) is 24.0. The minimum Gasteiger partial charge on any atom is -0.493 e. The van der Waals surface area contributed by atoms with Crippen LogP contribution in [0.4, 0.5) is 0 Å². The summed E-state index contributed by atoms with van der Waals surface area (Å²) >= 11 is 0. The third-order valence-corrected chi connectivity index (χ3v) is 7.42. The summed E-state index contributed by atoms with van der Waals surface area (Å²) in [6.07, 6.45) is 3.10. The number of carbonyl (C=O) groups excluding carboxylic acids is 1. The third kappa shape index (κ3) is 5.66. The number of nitrogens with zero attached hydrogens (tertiary/aromatic N) is 1. The summed E-state index contributed by atoms with van der Waals surface area (Å²) in [7, 11) is -1.96. The Balaban J connectivity index is 1.67. The molecule has 178 valence electrons. The molecule has 1 atom stereocenters. The van der Waals surface area contributed by atoms with E-state index in [2.05, 4.69) is 5.32 Å². The average molecular weight is 475 g/mol. The van der Waals surface area contributed by atoms with E-state index in [1.807, 2.05) is 20.8 Å². The zero-order valence-corrected chi connectivity index (χ0v) is 20.1. The second kappa shape index (κ2) is 10.7. The molecule has 0 radical (unpaired) electrons. The van der Waals surface area contributed by atoms with Gasteiger partial charge in [0.2, 0.25) is 21.7 Å². The van der Waals surface area contributed by atoms with Crippen molar-refractivity contribution in [3.05, 3.63) is 53.6 Å². The SMILES string of the molecule is CCN(CC)S(=O)(=O)c1ccc(C(C)NC(=O)C=Cc2cc(OC)c3c(c2)OCCO3)cc1. The van der Waals surface area contributed by atoms with Crippen molar-refractivity contribution in [2.75, 3.05) is 33.4 Å². The molecule has 0 bridgehead atoms. The van der Waals surface area contributed by atoms with E-state index in [4.69, 9.17) is 14.2 Å². The summed E-state index contributed by atoms with van der Waals surface area (Å²) in [5.41, 5.74) is 1.54. The number of methoxy groups -OCH3 is 1. The molecule has 3 rings (SSSR count). The quantitative estimate of drug-likeness (QED) is 0.560. The lowest BCUT2D eigenvalue weighted by atomic mass is 10.1. The molecule has 0 saturated carbocycles. The van der Waals surface area contributed by atoms with Gasteiger partial charge in [-0.3, -0.25) is 4.79 Å². The van der Waals surface area contributed by atoms with Crippen LogP contribution in [0.25, 0.3) is 6.08 Å². The van der Waals surface area contributed by atoms with Gasteiger partial charge in [0.1, 0.15) is 13.2 Å². The fraction of sp³-hybridized carbons (Fsp3) is 0.375. The van der Waals surface area contributed by atoms with Crippen LogP contribution in [-0.4, -0.2) is 52.0 Å². The number of hydrogen-bond acceptors (Lipinski definition) is 6. The Kier molecular flexibility index (Phi) is 7.99. The monoisotopic (exact) mass is 474 g/mol. The minimum atomic E-state index is -3.51. The van der Waals surface area contributed by atoms with E-state index in [0.29, 0.717) is 43.6 Å². The molecule has 1 N–H and O–H groups in total. The van der Waals surface area contributed by atoms with Gasteiger partial charge in [0, 0.05) is 19.2 Å². The first-order valence-corrected chi connectivity index (χ1v) is 12.3. The first kappa shape index (κ1) is 24.6. The first-order valence-electron chi connectivity index (χ1n) is 10.9. The molecule has 2 aromatic rings. The molecule has 0 spiro atoms. The van der Waals surface area contributed by atoms with E-state index in [0.717, 1.165) is 11.1 Å². The van der Waals surface area contributed by atoms with Crippen LogP contribution in [0.5, 0.6) is 17.2 Å². The maximum Gasteiger partial charge on any atom is 0.244 e. The Morgan fingerprint density at radius 2 is 1.82 bits per heavy atom. The van der Waals surface area contributed by atoms with Crippen LogP contribution < -0.4 is 19.5 Å². The fourth-order valence-electron chi connectivity index (χ4n) is 3.55. The van der Waals surface area contributed by atoms with Gasteiger partial charge in [-0.2, -0.15) is 4.31 Å². The molecule has 2 aromatic carbocycles. The van der Waals surface area contributed by atoms with Crippen molar-refractivity contribution in [3.63, 3.8) is 0 Å².